The number of rotatable bonds is 18. The summed E-state index contributed by atoms with van der Waals surface area (Å²) in [5, 5.41) is 8.75. The predicted molar refractivity (Wildman–Crippen MR) is 165 cm³/mol. The number of hydrogen-bond acceptors (Lipinski definition) is 8. The number of carbonyl (C=O) groups excluding carboxylic acids is 5. The molecule has 42 heavy (non-hydrogen) atoms. The monoisotopic (exact) mass is 597 g/mol. The molecule has 0 aliphatic carbocycles. The van der Waals surface area contributed by atoms with Crippen molar-refractivity contribution >= 4 is 29.2 Å². The van der Waals surface area contributed by atoms with Gasteiger partial charge in [0, 0.05) is 41.2 Å². The Balaban J connectivity index is 5.35. The van der Waals surface area contributed by atoms with Crippen LogP contribution in [0.15, 0.2) is 0 Å². The molecule has 2 atom stereocenters. The third kappa shape index (κ3) is 17.7. The number of ether oxygens (including phenoxy) is 2. The van der Waals surface area contributed by atoms with E-state index in [1.165, 1.54) is 0 Å². The van der Waals surface area contributed by atoms with E-state index in [9.17, 15) is 24.0 Å². The van der Waals surface area contributed by atoms with Crippen LogP contribution in [0.4, 0.5) is 0 Å². The van der Waals surface area contributed by atoms with E-state index < -0.39 is 40.1 Å². The Morgan fingerprint density at radius 2 is 1.07 bits per heavy atom. The molecule has 0 radical (unpaired) electrons. The van der Waals surface area contributed by atoms with Crippen LogP contribution in [0.1, 0.15) is 109 Å². The number of hydrogen-bond donors (Lipinski definition) is 3. The van der Waals surface area contributed by atoms with Crippen molar-refractivity contribution in [2.24, 2.45) is 16.2 Å². The molecule has 2 amide bonds. The van der Waals surface area contributed by atoms with Gasteiger partial charge in [-0.1, -0.05) is 62.3 Å². The lowest BCUT2D eigenvalue weighted by Crippen LogP contribution is -2.54. The summed E-state index contributed by atoms with van der Waals surface area (Å²) in [6, 6.07) is -1.97. The number of nitrogens with one attached hydrogen (secondary N) is 3. The van der Waals surface area contributed by atoms with Crippen LogP contribution in [0.3, 0.4) is 0 Å². The standard InChI is InChI=1S/C32H59N3O7/c1-29(2,3)24(36)15-13-22(27(39)31(7,8)9)35-28(40)23(14-16-25(37)30(4,5)6)34-26(38)21-42-20-19-41-18-17-33-32(10,11)12/h22-23,33H,13-21H2,1-12H3,(H,34,38)(H,35,40). The number of ketones is 3. The average Bonchev–Trinajstić information content (AvgIpc) is 2.82. The van der Waals surface area contributed by atoms with Crippen molar-refractivity contribution in [3.05, 3.63) is 0 Å². The summed E-state index contributed by atoms with van der Waals surface area (Å²) in [6.45, 7) is 23.7. The Labute approximate surface area is 254 Å². The summed E-state index contributed by atoms with van der Waals surface area (Å²) in [6.07, 6.45) is 0.403. The SMILES string of the molecule is CC(C)(C)NCCOCCOCC(=O)NC(CCC(=O)C(C)(C)C)C(=O)NC(CCC(=O)C(C)(C)C)C(=O)C(C)(C)C. The summed E-state index contributed by atoms with van der Waals surface area (Å²) >= 11 is 0. The molecule has 0 saturated carbocycles. The third-order valence-electron chi connectivity index (χ3n) is 6.52. The highest BCUT2D eigenvalue weighted by Crippen LogP contribution is 2.23. The second kappa shape index (κ2) is 17.2. The Bertz CT molecular complexity index is 903. The van der Waals surface area contributed by atoms with Gasteiger partial charge in [0.2, 0.25) is 11.8 Å². The highest BCUT2D eigenvalue weighted by atomic mass is 16.5. The lowest BCUT2D eigenvalue weighted by Gasteiger charge is -2.28. The van der Waals surface area contributed by atoms with E-state index in [2.05, 4.69) is 36.7 Å². The summed E-state index contributed by atoms with van der Waals surface area (Å²) in [5.74, 6) is -1.38. The summed E-state index contributed by atoms with van der Waals surface area (Å²) in [7, 11) is 0. The molecule has 10 heteroatoms. The van der Waals surface area contributed by atoms with E-state index >= 15 is 0 Å². The number of amides is 2. The first kappa shape index (κ1) is 39.8. The fourth-order valence-corrected chi connectivity index (χ4v) is 3.75. The highest BCUT2D eigenvalue weighted by molar-refractivity contribution is 5.96. The molecule has 2 unspecified atom stereocenters. The first-order valence-electron chi connectivity index (χ1n) is 15.1. The topological polar surface area (TPSA) is 140 Å². The maximum absolute atomic E-state index is 13.4. The molecule has 0 saturated heterocycles. The van der Waals surface area contributed by atoms with E-state index in [4.69, 9.17) is 9.47 Å². The molecular formula is C32H59N3O7. The molecule has 0 spiro atoms. The van der Waals surface area contributed by atoms with Crippen LogP contribution >= 0.6 is 0 Å². The maximum Gasteiger partial charge on any atom is 0.246 e. The Hall–Kier alpha value is -2.17. The fourth-order valence-electron chi connectivity index (χ4n) is 3.75. The van der Waals surface area contributed by atoms with Gasteiger partial charge in [-0.05, 0) is 33.6 Å². The summed E-state index contributed by atoms with van der Waals surface area (Å²) < 4.78 is 10.9. The lowest BCUT2D eigenvalue weighted by atomic mass is 9.82. The molecular weight excluding hydrogens is 538 g/mol. The largest absolute Gasteiger partial charge is 0.378 e. The van der Waals surface area contributed by atoms with Crippen LogP contribution in [-0.4, -0.2) is 79.8 Å². The maximum atomic E-state index is 13.4. The normalized spacial score (nSPS) is 14.2. The van der Waals surface area contributed by atoms with Gasteiger partial charge in [0.1, 0.15) is 24.2 Å². The Morgan fingerprint density at radius 1 is 0.595 bits per heavy atom. The molecule has 0 aromatic carbocycles. The molecule has 0 bridgehead atoms. The third-order valence-corrected chi connectivity index (χ3v) is 6.52. The van der Waals surface area contributed by atoms with Crippen LogP contribution in [0, 0.1) is 16.2 Å². The Kier molecular flexibility index (Phi) is 16.3. The second-order valence-electron chi connectivity index (χ2n) is 15.1. The summed E-state index contributed by atoms with van der Waals surface area (Å²) in [4.78, 5) is 64.5. The molecule has 0 aromatic heterocycles. The van der Waals surface area contributed by atoms with Crippen molar-refractivity contribution in [3.8, 4) is 0 Å². The van der Waals surface area contributed by atoms with Crippen LogP contribution in [0.2, 0.25) is 0 Å². The van der Waals surface area contributed by atoms with Crippen LogP contribution in [0.5, 0.6) is 0 Å². The number of carbonyl (C=O) groups is 5. The molecule has 244 valence electrons. The van der Waals surface area contributed by atoms with E-state index in [-0.39, 0.29) is 61.8 Å². The van der Waals surface area contributed by atoms with Gasteiger partial charge in [0.05, 0.1) is 25.9 Å². The van der Waals surface area contributed by atoms with Gasteiger partial charge in [0.25, 0.3) is 0 Å². The zero-order valence-corrected chi connectivity index (χ0v) is 28.4. The second-order valence-corrected chi connectivity index (χ2v) is 15.1. The molecule has 10 nitrogen and oxygen atoms in total. The van der Waals surface area contributed by atoms with Crippen molar-refractivity contribution in [3.63, 3.8) is 0 Å². The van der Waals surface area contributed by atoms with Crippen LogP contribution in [-0.2, 0) is 33.4 Å². The van der Waals surface area contributed by atoms with Crippen molar-refractivity contribution in [1.29, 1.82) is 0 Å². The van der Waals surface area contributed by atoms with Crippen LogP contribution < -0.4 is 16.0 Å². The fraction of sp³-hybridized carbons (Fsp3) is 0.844. The zero-order chi connectivity index (χ0) is 32.9. The minimum atomic E-state index is -1.05. The quantitative estimate of drug-likeness (QED) is 0.203. The van der Waals surface area contributed by atoms with Gasteiger partial charge < -0.3 is 25.4 Å². The van der Waals surface area contributed by atoms with Gasteiger partial charge in [-0.15, -0.1) is 0 Å². The summed E-state index contributed by atoms with van der Waals surface area (Å²) in [5.41, 5.74) is -1.93. The van der Waals surface area contributed by atoms with Gasteiger partial charge in [0.15, 0.2) is 5.78 Å². The minimum Gasteiger partial charge on any atom is -0.378 e. The predicted octanol–water partition coefficient (Wildman–Crippen LogP) is 3.78. The zero-order valence-electron chi connectivity index (χ0n) is 28.4. The van der Waals surface area contributed by atoms with Gasteiger partial charge in [-0.2, -0.15) is 0 Å². The van der Waals surface area contributed by atoms with Gasteiger partial charge in [-0.3, -0.25) is 24.0 Å². The molecule has 0 aromatic rings. The van der Waals surface area contributed by atoms with Crippen molar-refractivity contribution in [2.75, 3.05) is 33.0 Å². The molecule has 0 aliphatic heterocycles. The molecule has 0 fully saturated rings. The van der Waals surface area contributed by atoms with E-state index in [1.807, 2.05) is 20.8 Å². The van der Waals surface area contributed by atoms with Gasteiger partial charge in [-0.25, -0.2) is 0 Å². The van der Waals surface area contributed by atoms with Crippen LogP contribution in [0.25, 0.3) is 0 Å². The van der Waals surface area contributed by atoms with Crippen molar-refractivity contribution in [1.82, 2.24) is 16.0 Å². The first-order valence-corrected chi connectivity index (χ1v) is 15.1. The molecule has 0 aliphatic rings. The van der Waals surface area contributed by atoms with E-state index in [0.717, 1.165) is 0 Å². The van der Waals surface area contributed by atoms with Crippen molar-refractivity contribution in [2.45, 2.75) is 126 Å². The average molecular weight is 598 g/mol. The Morgan fingerprint density at radius 3 is 1.52 bits per heavy atom. The molecule has 0 heterocycles. The van der Waals surface area contributed by atoms with Crippen molar-refractivity contribution < 1.29 is 33.4 Å². The smallest absolute Gasteiger partial charge is 0.246 e. The molecule has 3 N–H and O–H groups in total. The molecule has 0 rings (SSSR count). The highest BCUT2D eigenvalue weighted by Gasteiger charge is 2.34. The van der Waals surface area contributed by atoms with Gasteiger partial charge >= 0.3 is 0 Å². The number of Topliss-reactive ketones (excluding diaryl/α,β-unsaturated/α-hetero) is 3. The minimum absolute atomic E-state index is 0.00216. The van der Waals surface area contributed by atoms with E-state index in [0.29, 0.717) is 19.8 Å². The lowest BCUT2D eigenvalue weighted by molar-refractivity contribution is -0.136. The van der Waals surface area contributed by atoms with E-state index in [1.54, 1.807) is 41.5 Å². The first-order chi connectivity index (χ1) is 18.9.